The summed E-state index contributed by atoms with van der Waals surface area (Å²) in [6.07, 6.45) is 2.10. The van der Waals surface area contributed by atoms with Crippen LogP contribution >= 0.6 is 23.1 Å². The first-order chi connectivity index (χ1) is 9.10. The normalized spacial score (nSPS) is 19.1. The van der Waals surface area contributed by atoms with Crippen LogP contribution in [0.25, 0.3) is 0 Å². The molecule has 2 heterocycles. The van der Waals surface area contributed by atoms with Crippen LogP contribution in [0.2, 0.25) is 0 Å². The number of nitrogens with zero attached hydrogens (tertiary/aromatic N) is 2. The molecule has 2 rings (SSSR count). The summed E-state index contributed by atoms with van der Waals surface area (Å²) in [5.41, 5.74) is 1.08. The summed E-state index contributed by atoms with van der Waals surface area (Å²) in [7, 11) is 2.03. The van der Waals surface area contributed by atoms with Crippen LogP contribution < -0.4 is 5.32 Å². The lowest BCUT2D eigenvalue weighted by Crippen LogP contribution is -2.37. The van der Waals surface area contributed by atoms with Crippen molar-refractivity contribution in [1.82, 2.24) is 9.88 Å². The van der Waals surface area contributed by atoms with Crippen LogP contribution in [-0.4, -0.2) is 46.9 Å². The monoisotopic (exact) mass is 299 g/mol. The molecule has 1 fully saturated rings. The van der Waals surface area contributed by atoms with Crippen LogP contribution in [0.4, 0.5) is 5.13 Å². The number of hydrogen-bond donors (Lipinski definition) is 1. The lowest BCUT2D eigenvalue weighted by molar-refractivity contribution is -0.117. The minimum atomic E-state index is 0.0378. The van der Waals surface area contributed by atoms with E-state index in [1.807, 2.05) is 25.7 Å². The van der Waals surface area contributed by atoms with Gasteiger partial charge in [0.05, 0.1) is 12.2 Å². The highest BCUT2D eigenvalue weighted by Crippen LogP contribution is 2.23. The van der Waals surface area contributed by atoms with Gasteiger partial charge >= 0.3 is 0 Å². The molecule has 106 valence electrons. The Morgan fingerprint density at radius 1 is 1.58 bits per heavy atom. The standard InChI is InChI=1S/C13H21N3OS2/c1-4-11-9(2)19-13(14-11)15-12(17)7-16(3)10-5-6-18-8-10/h10H,4-8H2,1-3H3,(H,14,15,17)/t10-/m1/s1. The Kier molecular flexibility index (Phi) is 5.24. The molecule has 4 nitrogen and oxygen atoms in total. The van der Waals surface area contributed by atoms with Crippen LogP contribution in [0.3, 0.4) is 0 Å². The molecule has 6 heteroatoms. The van der Waals surface area contributed by atoms with Gasteiger partial charge in [0, 0.05) is 16.7 Å². The summed E-state index contributed by atoms with van der Waals surface area (Å²) in [5, 5.41) is 3.64. The average molecular weight is 299 g/mol. The summed E-state index contributed by atoms with van der Waals surface area (Å²) in [5.74, 6) is 2.39. The lowest BCUT2D eigenvalue weighted by Gasteiger charge is -2.22. The second kappa shape index (κ2) is 6.72. The molecule has 0 radical (unpaired) electrons. The van der Waals surface area contributed by atoms with E-state index < -0.39 is 0 Å². The van der Waals surface area contributed by atoms with Gasteiger partial charge < -0.3 is 5.32 Å². The fourth-order valence-electron chi connectivity index (χ4n) is 2.19. The van der Waals surface area contributed by atoms with Gasteiger partial charge in [0.1, 0.15) is 0 Å². The van der Waals surface area contributed by atoms with Crippen molar-refractivity contribution >= 4 is 34.1 Å². The van der Waals surface area contributed by atoms with Crippen molar-refractivity contribution in [2.75, 3.05) is 30.4 Å². The minimum Gasteiger partial charge on any atom is -0.301 e. The molecular weight excluding hydrogens is 278 g/mol. The highest BCUT2D eigenvalue weighted by atomic mass is 32.2. The number of aryl methyl sites for hydroxylation is 2. The third kappa shape index (κ3) is 3.94. The fraction of sp³-hybridized carbons (Fsp3) is 0.692. The van der Waals surface area contributed by atoms with Crippen molar-refractivity contribution in [3.05, 3.63) is 10.6 Å². The number of carbonyl (C=O) groups is 1. The molecule has 1 atom stereocenters. The van der Waals surface area contributed by atoms with E-state index in [2.05, 4.69) is 22.1 Å². The quantitative estimate of drug-likeness (QED) is 0.907. The molecule has 1 aromatic heterocycles. The van der Waals surface area contributed by atoms with E-state index in [4.69, 9.17) is 0 Å². The summed E-state index contributed by atoms with van der Waals surface area (Å²) >= 11 is 3.53. The molecule has 1 N–H and O–H groups in total. The first kappa shape index (κ1) is 14.8. The lowest BCUT2D eigenvalue weighted by atomic mass is 10.2. The zero-order chi connectivity index (χ0) is 13.8. The number of carbonyl (C=O) groups excluding carboxylic acids is 1. The third-order valence-electron chi connectivity index (χ3n) is 3.40. The van der Waals surface area contributed by atoms with Crippen molar-refractivity contribution in [1.29, 1.82) is 0 Å². The molecule has 0 bridgehead atoms. The Balaban J connectivity index is 1.86. The molecule has 0 saturated carbocycles. The Morgan fingerprint density at radius 3 is 2.95 bits per heavy atom. The number of nitrogens with one attached hydrogen (secondary N) is 1. The maximum atomic E-state index is 12.0. The molecule has 0 unspecified atom stereocenters. The SMILES string of the molecule is CCc1nc(NC(=O)CN(C)[C@@H]2CCSC2)sc1C. The highest BCUT2D eigenvalue weighted by molar-refractivity contribution is 7.99. The number of aromatic nitrogens is 1. The Bertz CT molecular complexity index is 441. The Hall–Kier alpha value is -0.590. The number of amides is 1. The summed E-state index contributed by atoms with van der Waals surface area (Å²) in [4.78, 5) is 19.8. The van der Waals surface area contributed by atoms with Crippen molar-refractivity contribution in [2.45, 2.75) is 32.7 Å². The van der Waals surface area contributed by atoms with E-state index in [1.54, 1.807) is 11.3 Å². The van der Waals surface area contributed by atoms with Gasteiger partial charge in [-0.2, -0.15) is 11.8 Å². The van der Waals surface area contributed by atoms with Gasteiger partial charge in [0.2, 0.25) is 5.91 Å². The Morgan fingerprint density at radius 2 is 2.37 bits per heavy atom. The van der Waals surface area contributed by atoms with Crippen molar-refractivity contribution in [2.24, 2.45) is 0 Å². The van der Waals surface area contributed by atoms with Crippen LogP contribution in [0.1, 0.15) is 23.9 Å². The van der Waals surface area contributed by atoms with E-state index >= 15 is 0 Å². The fourth-order valence-corrected chi connectivity index (χ4v) is 4.41. The largest absolute Gasteiger partial charge is 0.301 e. The number of hydrogen-bond acceptors (Lipinski definition) is 5. The van der Waals surface area contributed by atoms with E-state index in [0.29, 0.717) is 12.6 Å². The predicted octanol–water partition coefficient (Wildman–Crippen LogP) is 2.39. The van der Waals surface area contributed by atoms with Crippen LogP contribution in [-0.2, 0) is 11.2 Å². The molecule has 0 spiro atoms. The molecule has 1 aliphatic heterocycles. The van der Waals surface area contributed by atoms with Crippen molar-refractivity contribution in [3.8, 4) is 0 Å². The van der Waals surface area contributed by atoms with Gasteiger partial charge in [-0.25, -0.2) is 4.98 Å². The van der Waals surface area contributed by atoms with Gasteiger partial charge in [0.15, 0.2) is 5.13 Å². The highest BCUT2D eigenvalue weighted by Gasteiger charge is 2.22. The smallest absolute Gasteiger partial charge is 0.240 e. The maximum absolute atomic E-state index is 12.0. The summed E-state index contributed by atoms with van der Waals surface area (Å²) < 4.78 is 0. The molecule has 1 saturated heterocycles. The molecule has 1 aliphatic rings. The minimum absolute atomic E-state index is 0.0378. The van der Waals surface area contributed by atoms with Gasteiger partial charge in [-0.3, -0.25) is 9.69 Å². The van der Waals surface area contributed by atoms with E-state index in [9.17, 15) is 4.79 Å². The van der Waals surface area contributed by atoms with Gasteiger partial charge in [-0.15, -0.1) is 11.3 Å². The number of likely N-dealkylation sites (N-methyl/N-ethyl adjacent to an activating group) is 1. The first-order valence-corrected chi connectivity index (χ1v) is 8.61. The number of thioether (sulfide) groups is 1. The predicted molar refractivity (Wildman–Crippen MR) is 83.2 cm³/mol. The topological polar surface area (TPSA) is 45.2 Å². The van der Waals surface area contributed by atoms with Gasteiger partial charge in [0.25, 0.3) is 0 Å². The maximum Gasteiger partial charge on any atom is 0.240 e. The number of anilines is 1. The van der Waals surface area contributed by atoms with Crippen molar-refractivity contribution in [3.63, 3.8) is 0 Å². The second-order valence-electron chi connectivity index (χ2n) is 4.86. The van der Waals surface area contributed by atoms with Crippen LogP contribution in [0.5, 0.6) is 0 Å². The van der Waals surface area contributed by atoms with Crippen LogP contribution in [0, 0.1) is 6.92 Å². The molecule has 0 aromatic carbocycles. The van der Waals surface area contributed by atoms with Crippen LogP contribution in [0.15, 0.2) is 0 Å². The molecule has 1 aromatic rings. The third-order valence-corrected chi connectivity index (χ3v) is 5.47. The van der Waals surface area contributed by atoms with Crippen molar-refractivity contribution < 1.29 is 4.79 Å². The zero-order valence-corrected chi connectivity index (χ0v) is 13.4. The average Bonchev–Trinajstić information content (AvgIpc) is 2.98. The number of rotatable bonds is 5. The van der Waals surface area contributed by atoms with E-state index in [0.717, 1.165) is 23.0 Å². The van der Waals surface area contributed by atoms with Gasteiger partial charge in [-0.05, 0) is 32.6 Å². The van der Waals surface area contributed by atoms with E-state index in [-0.39, 0.29) is 5.91 Å². The molecule has 0 aliphatic carbocycles. The Labute approximate surface area is 123 Å². The summed E-state index contributed by atoms with van der Waals surface area (Å²) in [6.45, 7) is 4.58. The van der Waals surface area contributed by atoms with E-state index in [1.165, 1.54) is 17.1 Å². The zero-order valence-electron chi connectivity index (χ0n) is 11.7. The molecule has 1 amide bonds. The molecular formula is C13H21N3OS2. The molecule has 19 heavy (non-hydrogen) atoms. The number of thiazole rings is 1. The first-order valence-electron chi connectivity index (χ1n) is 6.64. The summed E-state index contributed by atoms with van der Waals surface area (Å²) in [6, 6.07) is 0.542. The second-order valence-corrected chi connectivity index (χ2v) is 7.21. The van der Waals surface area contributed by atoms with Gasteiger partial charge in [-0.1, -0.05) is 6.92 Å².